The fourth-order valence-electron chi connectivity index (χ4n) is 0.222. The Labute approximate surface area is 57.9 Å². The zero-order valence-electron chi connectivity index (χ0n) is 5.18. The zero-order chi connectivity index (χ0) is 7.44. The molecule has 3 nitrogen and oxygen atoms in total. The molecule has 0 N–H and O–H groups in total. The summed E-state index contributed by atoms with van der Waals surface area (Å²) in [6, 6.07) is 0. The van der Waals surface area contributed by atoms with Gasteiger partial charge in [0.05, 0.1) is 0 Å². The normalized spacial score (nSPS) is 12.3. The van der Waals surface area contributed by atoms with Crippen molar-refractivity contribution >= 4 is 22.8 Å². The first kappa shape index (κ1) is 8.43. The third kappa shape index (κ3) is 3.97. The highest BCUT2D eigenvalue weighted by Crippen LogP contribution is 1.95. The van der Waals surface area contributed by atoms with E-state index in [2.05, 4.69) is 4.74 Å². The zero-order valence-corrected chi connectivity index (χ0v) is 5.94. The van der Waals surface area contributed by atoms with Crippen LogP contribution in [0.2, 0.25) is 0 Å². The summed E-state index contributed by atoms with van der Waals surface area (Å²) in [6.45, 7) is 2.78. The lowest BCUT2D eigenvalue weighted by Crippen LogP contribution is -2.18. The molecule has 0 radical (unpaired) electrons. The van der Waals surface area contributed by atoms with Crippen molar-refractivity contribution in [2.75, 3.05) is 0 Å². The Kier molecular flexibility index (Phi) is 3.24. The summed E-state index contributed by atoms with van der Waals surface area (Å²) in [6.07, 6.45) is -0.727. The van der Waals surface area contributed by atoms with E-state index in [0.717, 1.165) is 0 Å². The molecular weight excluding hydrogens is 144 g/mol. The molecule has 0 aromatic heterocycles. The molecule has 0 fully saturated rings. The second-order valence-electron chi connectivity index (χ2n) is 1.61. The average molecular weight is 151 g/mol. The first-order valence-electron chi connectivity index (χ1n) is 2.40. The van der Waals surface area contributed by atoms with Gasteiger partial charge in [0.1, 0.15) is 0 Å². The van der Waals surface area contributed by atoms with Gasteiger partial charge in [-0.1, -0.05) is 0 Å². The molecule has 52 valence electrons. The van der Waals surface area contributed by atoms with Crippen LogP contribution >= 0.6 is 11.6 Å². The Morgan fingerprint density at radius 3 is 2.11 bits per heavy atom. The van der Waals surface area contributed by atoms with E-state index in [1.807, 2.05) is 0 Å². The predicted molar refractivity (Wildman–Crippen MR) is 32.5 cm³/mol. The van der Waals surface area contributed by atoms with Crippen LogP contribution in [0.4, 0.5) is 4.79 Å². The molecule has 0 aliphatic heterocycles. The molecule has 9 heavy (non-hydrogen) atoms. The van der Waals surface area contributed by atoms with Crippen LogP contribution in [-0.4, -0.2) is 17.3 Å². The maximum absolute atomic E-state index is 10.3. The van der Waals surface area contributed by atoms with Gasteiger partial charge in [0.2, 0.25) is 0 Å². The van der Waals surface area contributed by atoms with Crippen LogP contribution < -0.4 is 0 Å². The smallest absolute Gasteiger partial charge is 0.404 e. The summed E-state index contributed by atoms with van der Waals surface area (Å²) in [5.74, 6) is -0.219. The molecule has 0 rings (SSSR count). The molecule has 1 atom stereocenters. The van der Waals surface area contributed by atoms with E-state index in [1.54, 1.807) is 0 Å². The van der Waals surface area contributed by atoms with Crippen molar-refractivity contribution in [1.82, 2.24) is 0 Å². The molecule has 4 heteroatoms. The van der Waals surface area contributed by atoms with Crippen molar-refractivity contribution in [3.05, 3.63) is 0 Å². The van der Waals surface area contributed by atoms with Crippen molar-refractivity contribution < 1.29 is 14.3 Å². The number of rotatable bonds is 2. The quantitative estimate of drug-likeness (QED) is 0.558. The average Bonchev–Trinajstić information content (AvgIpc) is 1.63. The van der Waals surface area contributed by atoms with E-state index >= 15 is 0 Å². The summed E-state index contributed by atoms with van der Waals surface area (Å²) in [5, 5.41) is 0. The SMILES string of the molecule is CC(=O)C(C)OC(=O)Cl. The number of halogens is 1. The van der Waals surface area contributed by atoms with E-state index in [4.69, 9.17) is 11.6 Å². The van der Waals surface area contributed by atoms with Gasteiger partial charge in [0.15, 0.2) is 11.9 Å². The lowest BCUT2D eigenvalue weighted by atomic mass is 10.3. The van der Waals surface area contributed by atoms with E-state index in [1.165, 1.54) is 13.8 Å². The Hall–Kier alpha value is -0.570. The van der Waals surface area contributed by atoms with Crippen LogP contribution in [0, 0.1) is 0 Å². The number of hydrogen-bond donors (Lipinski definition) is 0. The molecule has 0 saturated heterocycles. The largest absolute Gasteiger partial charge is 0.443 e. The monoisotopic (exact) mass is 150 g/mol. The standard InChI is InChI=1S/C5H7ClO3/c1-3(7)4(2)9-5(6)8/h4H,1-2H3. The molecular formula is C5H7ClO3. The van der Waals surface area contributed by atoms with Crippen molar-refractivity contribution in [2.24, 2.45) is 0 Å². The van der Waals surface area contributed by atoms with Gasteiger partial charge in [0, 0.05) is 11.6 Å². The Morgan fingerprint density at radius 1 is 1.56 bits per heavy atom. The van der Waals surface area contributed by atoms with Crippen LogP contribution in [0.5, 0.6) is 0 Å². The minimum atomic E-state index is -0.947. The summed E-state index contributed by atoms with van der Waals surface area (Å²) >= 11 is 4.80. The molecule has 0 aliphatic rings. The Morgan fingerprint density at radius 2 is 2.00 bits per heavy atom. The fourth-order valence-corrected chi connectivity index (χ4v) is 0.356. The van der Waals surface area contributed by atoms with Crippen LogP contribution in [0.1, 0.15) is 13.8 Å². The number of hydrogen-bond acceptors (Lipinski definition) is 3. The van der Waals surface area contributed by atoms with Gasteiger partial charge in [-0.2, -0.15) is 0 Å². The van der Waals surface area contributed by atoms with Gasteiger partial charge in [0.25, 0.3) is 0 Å². The van der Waals surface area contributed by atoms with Gasteiger partial charge >= 0.3 is 5.43 Å². The molecule has 0 aromatic rings. The first-order chi connectivity index (χ1) is 4.04. The van der Waals surface area contributed by atoms with Crippen molar-refractivity contribution in [3.8, 4) is 0 Å². The Bertz CT molecular complexity index is 132. The van der Waals surface area contributed by atoms with Crippen molar-refractivity contribution in [2.45, 2.75) is 20.0 Å². The van der Waals surface area contributed by atoms with E-state index < -0.39 is 11.5 Å². The van der Waals surface area contributed by atoms with Crippen LogP contribution in [-0.2, 0) is 9.53 Å². The topological polar surface area (TPSA) is 43.4 Å². The molecule has 0 bridgehead atoms. The number of carbonyl (C=O) groups excluding carboxylic acids is 2. The van der Waals surface area contributed by atoms with Crippen molar-refractivity contribution in [3.63, 3.8) is 0 Å². The lowest BCUT2D eigenvalue weighted by Gasteiger charge is -2.04. The van der Waals surface area contributed by atoms with E-state index in [0.29, 0.717) is 0 Å². The number of ketones is 1. The lowest BCUT2D eigenvalue weighted by molar-refractivity contribution is -0.123. The summed E-state index contributed by atoms with van der Waals surface area (Å²) in [7, 11) is 0. The van der Waals surface area contributed by atoms with Gasteiger partial charge in [-0.25, -0.2) is 4.79 Å². The van der Waals surface area contributed by atoms with E-state index in [-0.39, 0.29) is 5.78 Å². The highest BCUT2D eigenvalue weighted by molar-refractivity contribution is 6.61. The summed E-state index contributed by atoms with van der Waals surface area (Å²) in [4.78, 5) is 20.3. The molecule has 0 amide bonds. The third-order valence-corrected chi connectivity index (χ3v) is 0.931. The molecule has 0 heterocycles. The predicted octanol–water partition coefficient (Wildman–Crippen LogP) is 1.34. The van der Waals surface area contributed by atoms with Gasteiger partial charge < -0.3 is 4.74 Å². The highest BCUT2D eigenvalue weighted by Gasteiger charge is 2.10. The molecule has 0 saturated carbocycles. The minimum Gasteiger partial charge on any atom is -0.443 e. The van der Waals surface area contributed by atoms with Gasteiger partial charge in [-0.15, -0.1) is 0 Å². The van der Waals surface area contributed by atoms with Gasteiger partial charge in [-0.3, -0.25) is 4.79 Å². The number of carbonyl (C=O) groups is 2. The third-order valence-electron chi connectivity index (χ3n) is 0.842. The molecule has 1 unspecified atom stereocenters. The summed E-state index contributed by atoms with van der Waals surface area (Å²) < 4.78 is 4.29. The maximum atomic E-state index is 10.3. The summed E-state index contributed by atoms with van der Waals surface area (Å²) in [5.41, 5.74) is -0.947. The van der Waals surface area contributed by atoms with E-state index in [9.17, 15) is 9.59 Å². The fraction of sp³-hybridized carbons (Fsp3) is 0.600. The molecule has 0 aromatic carbocycles. The first-order valence-corrected chi connectivity index (χ1v) is 2.78. The minimum absolute atomic E-state index is 0.219. The second-order valence-corrected chi connectivity index (χ2v) is 1.92. The maximum Gasteiger partial charge on any atom is 0.404 e. The second kappa shape index (κ2) is 3.45. The molecule has 0 spiro atoms. The van der Waals surface area contributed by atoms with Crippen LogP contribution in [0.15, 0.2) is 0 Å². The van der Waals surface area contributed by atoms with Gasteiger partial charge in [-0.05, 0) is 13.8 Å². The molecule has 0 aliphatic carbocycles. The number of ether oxygens (including phenoxy) is 1. The van der Waals surface area contributed by atoms with Crippen molar-refractivity contribution in [1.29, 1.82) is 0 Å². The number of Topliss-reactive ketones (excluding diaryl/α,β-unsaturated/α-hetero) is 1. The Balaban J connectivity index is 3.63. The van der Waals surface area contributed by atoms with Crippen LogP contribution in [0.25, 0.3) is 0 Å². The highest BCUT2D eigenvalue weighted by atomic mass is 35.5. The van der Waals surface area contributed by atoms with Crippen LogP contribution in [0.3, 0.4) is 0 Å².